The van der Waals surface area contributed by atoms with Crippen molar-refractivity contribution in [3.63, 3.8) is 0 Å². The lowest BCUT2D eigenvalue weighted by Gasteiger charge is -2.35. The number of fused-ring (bicyclic) bond motifs is 1. The van der Waals surface area contributed by atoms with E-state index in [0.29, 0.717) is 10.7 Å². The summed E-state index contributed by atoms with van der Waals surface area (Å²) >= 11 is 0. The molecule has 0 bridgehead atoms. The fraction of sp³-hybridized carbons (Fsp3) is 0.429. The summed E-state index contributed by atoms with van der Waals surface area (Å²) in [6, 6.07) is 7.05. The number of sulfonamides is 1. The number of amidine groups is 1. The van der Waals surface area contributed by atoms with Gasteiger partial charge >= 0.3 is 0 Å². The molecule has 0 aliphatic carbocycles. The Morgan fingerprint density at radius 1 is 1.15 bits per heavy atom. The fourth-order valence-corrected chi connectivity index (χ4v) is 3.95. The topological polar surface area (TPSA) is 53.0 Å². The first-order valence-corrected chi connectivity index (χ1v) is 8.27. The molecule has 1 fully saturated rings. The lowest BCUT2D eigenvalue weighted by Crippen LogP contribution is -2.48. The van der Waals surface area contributed by atoms with Crippen LogP contribution in [-0.4, -0.2) is 56.8 Å². The molecule has 0 amide bonds. The molecular formula is C14H18N3O2S. The van der Waals surface area contributed by atoms with Crippen molar-refractivity contribution in [2.45, 2.75) is 11.3 Å². The monoisotopic (exact) mass is 292 g/mol. The number of piperazine rings is 1. The summed E-state index contributed by atoms with van der Waals surface area (Å²) in [5.74, 6) is 0.606. The Bertz CT molecular complexity index is 632. The molecule has 0 aromatic heterocycles. The third-order valence-electron chi connectivity index (χ3n) is 3.76. The number of hydrogen-bond donors (Lipinski definition) is 0. The summed E-state index contributed by atoms with van der Waals surface area (Å²) in [4.78, 5) is 4.75. The minimum absolute atomic E-state index is 0.329. The van der Waals surface area contributed by atoms with Crippen molar-refractivity contribution in [3.8, 4) is 0 Å². The van der Waals surface area contributed by atoms with Gasteiger partial charge in [0.2, 0.25) is 0 Å². The Kier molecular flexibility index (Phi) is 3.52. The van der Waals surface area contributed by atoms with E-state index in [1.54, 1.807) is 12.1 Å². The van der Waals surface area contributed by atoms with E-state index in [-0.39, 0.29) is 0 Å². The Morgan fingerprint density at radius 3 is 2.55 bits per heavy atom. The molecular weight excluding hydrogens is 274 g/mol. The van der Waals surface area contributed by atoms with Gasteiger partial charge in [-0.2, -0.15) is 8.42 Å². The third kappa shape index (κ3) is 2.33. The van der Waals surface area contributed by atoms with Gasteiger partial charge in [-0.3, -0.25) is 4.90 Å². The van der Waals surface area contributed by atoms with Gasteiger partial charge in [-0.15, -0.1) is 4.40 Å². The van der Waals surface area contributed by atoms with Crippen LogP contribution < -0.4 is 0 Å². The van der Waals surface area contributed by atoms with Crippen LogP contribution in [0.3, 0.4) is 0 Å². The van der Waals surface area contributed by atoms with Gasteiger partial charge in [0.05, 0.1) is 0 Å². The second-order valence-corrected chi connectivity index (χ2v) is 6.64. The number of rotatable bonds is 2. The summed E-state index contributed by atoms with van der Waals surface area (Å²) in [7, 11) is -3.51. The van der Waals surface area contributed by atoms with Crippen LogP contribution >= 0.6 is 0 Å². The smallest absolute Gasteiger partial charge is 0.285 e. The first-order valence-electron chi connectivity index (χ1n) is 6.83. The maximum absolute atomic E-state index is 12.0. The Balaban J connectivity index is 1.83. The first-order chi connectivity index (χ1) is 9.62. The molecule has 0 atom stereocenters. The molecule has 20 heavy (non-hydrogen) atoms. The zero-order valence-electron chi connectivity index (χ0n) is 11.3. The molecule has 5 nitrogen and oxygen atoms in total. The van der Waals surface area contributed by atoms with Gasteiger partial charge in [0, 0.05) is 31.7 Å². The highest BCUT2D eigenvalue weighted by molar-refractivity contribution is 7.90. The lowest BCUT2D eigenvalue weighted by molar-refractivity contribution is 0.185. The minimum atomic E-state index is -3.51. The molecule has 0 N–H and O–H groups in total. The fourth-order valence-electron chi connectivity index (χ4n) is 2.72. The molecule has 1 saturated heterocycles. The Labute approximate surface area is 120 Å². The van der Waals surface area contributed by atoms with Gasteiger partial charge in [0.15, 0.2) is 5.84 Å². The maximum atomic E-state index is 12.0. The molecule has 1 aromatic carbocycles. The second kappa shape index (κ2) is 5.18. The highest BCUT2D eigenvalue weighted by Crippen LogP contribution is 2.27. The van der Waals surface area contributed by atoms with E-state index in [9.17, 15) is 8.42 Å². The van der Waals surface area contributed by atoms with E-state index in [2.05, 4.69) is 21.1 Å². The zero-order valence-corrected chi connectivity index (χ0v) is 12.1. The molecule has 2 aliphatic rings. The normalized spacial score (nSPS) is 21.6. The minimum Gasteiger partial charge on any atom is -0.353 e. The molecule has 3 rings (SSSR count). The molecule has 0 unspecified atom stereocenters. The van der Waals surface area contributed by atoms with E-state index in [1.165, 1.54) is 0 Å². The molecule has 1 radical (unpaired) electrons. The van der Waals surface area contributed by atoms with Crippen LogP contribution in [0.15, 0.2) is 33.6 Å². The van der Waals surface area contributed by atoms with Gasteiger partial charge in [-0.25, -0.2) is 0 Å². The maximum Gasteiger partial charge on any atom is 0.285 e. The van der Waals surface area contributed by atoms with Crippen LogP contribution in [0.1, 0.15) is 12.0 Å². The SMILES string of the molecule is [CH2]CCN1CCN(C2=NS(=O)(=O)c3ccccc32)CC1. The van der Waals surface area contributed by atoms with Crippen molar-refractivity contribution in [3.05, 3.63) is 36.8 Å². The largest absolute Gasteiger partial charge is 0.353 e. The molecule has 107 valence electrons. The summed E-state index contributed by atoms with van der Waals surface area (Å²) in [6.45, 7) is 8.33. The van der Waals surface area contributed by atoms with Crippen LogP contribution in [0.4, 0.5) is 0 Å². The summed E-state index contributed by atoms with van der Waals surface area (Å²) < 4.78 is 28.0. The van der Waals surface area contributed by atoms with Crippen molar-refractivity contribution < 1.29 is 8.42 Å². The van der Waals surface area contributed by atoms with Gasteiger partial charge in [0.1, 0.15) is 4.90 Å². The molecule has 2 aliphatic heterocycles. The predicted octanol–water partition coefficient (Wildman–Crippen LogP) is 0.977. The second-order valence-electron chi connectivity index (χ2n) is 5.07. The third-order valence-corrected chi connectivity index (χ3v) is 5.08. The van der Waals surface area contributed by atoms with Crippen LogP contribution in [0, 0.1) is 6.92 Å². The van der Waals surface area contributed by atoms with E-state index in [1.807, 2.05) is 12.1 Å². The van der Waals surface area contributed by atoms with Crippen molar-refractivity contribution in [1.29, 1.82) is 0 Å². The van der Waals surface area contributed by atoms with E-state index in [0.717, 1.165) is 44.7 Å². The molecule has 0 saturated carbocycles. The number of hydrogen-bond acceptors (Lipinski definition) is 4. The van der Waals surface area contributed by atoms with Gasteiger partial charge < -0.3 is 4.90 Å². The standard InChI is InChI=1S/C14H18N3O2S/c1-2-7-16-8-10-17(11-9-16)14-12-5-3-4-6-13(12)20(18,19)15-14/h3-6H,1-2,7-11H2. The average Bonchev–Trinajstić information content (AvgIpc) is 2.73. The quantitative estimate of drug-likeness (QED) is 0.815. The van der Waals surface area contributed by atoms with Crippen LogP contribution in [0.2, 0.25) is 0 Å². The highest BCUT2D eigenvalue weighted by atomic mass is 32.2. The van der Waals surface area contributed by atoms with E-state index in [4.69, 9.17) is 0 Å². The van der Waals surface area contributed by atoms with Crippen LogP contribution in [-0.2, 0) is 10.0 Å². The van der Waals surface area contributed by atoms with Crippen molar-refractivity contribution in [2.75, 3.05) is 32.7 Å². The van der Waals surface area contributed by atoms with Crippen LogP contribution in [0.25, 0.3) is 0 Å². The van der Waals surface area contributed by atoms with Crippen molar-refractivity contribution in [2.24, 2.45) is 4.40 Å². The summed E-state index contributed by atoms with van der Waals surface area (Å²) in [6.07, 6.45) is 0.901. The number of nitrogens with zero attached hydrogens (tertiary/aromatic N) is 3. The predicted molar refractivity (Wildman–Crippen MR) is 78.2 cm³/mol. The van der Waals surface area contributed by atoms with Gasteiger partial charge in [-0.05, 0) is 25.1 Å². The Hall–Kier alpha value is -1.40. The highest BCUT2D eigenvalue weighted by Gasteiger charge is 2.32. The molecule has 2 heterocycles. The van der Waals surface area contributed by atoms with Crippen LogP contribution in [0.5, 0.6) is 0 Å². The summed E-state index contributed by atoms with van der Waals surface area (Å²) in [5.41, 5.74) is 0.734. The van der Waals surface area contributed by atoms with Crippen molar-refractivity contribution >= 4 is 15.9 Å². The molecule has 1 aromatic rings. The number of benzene rings is 1. The zero-order chi connectivity index (χ0) is 14.2. The van der Waals surface area contributed by atoms with Gasteiger partial charge in [0.25, 0.3) is 10.0 Å². The van der Waals surface area contributed by atoms with Crippen molar-refractivity contribution in [1.82, 2.24) is 9.80 Å². The molecule has 0 spiro atoms. The summed E-state index contributed by atoms with van der Waals surface area (Å²) in [5, 5.41) is 0. The first kappa shape index (κ1) is 13.6. The van der Waals surface area contributed by atoms with E-state index < -0.39 is 10.0 Å². The van der Waals surface area contributed by atoms with E-state index >= 15 is 0 Å². The average molecular weight is 292 g/mol. The van der Waals surface area contributed by atoms with Gasteiger partial charge in [-0.1, -0.05) is 19.1 Å². The molecule has 6 heteroatoms. The Morgan fingerprint density at radius 2 is 1.85 bits per heavy atom. The lowest BCUT2D eigenvalue weighted by atomic mass is 10.1.